The highest BCUT2D eigenvalue weighted by Crippen LogP contribution is 2.37. The van der Waals surface area contributed by atoms with Crippen molar-refractivity contribution in [3.63, 3.8) is 0 Å². The van der Waals surface area contributed by atoms with E-state index in [1.165, 1.54) is 38.8 Å². The van der Waals surface area contributed by atoms with Gasteiger partial charge in [0.2, 0.25) is 0 Å². The third-order valence-corrected chi connectivity index (χ3v) is 3.11. The summed E-state index contributed by atoms with van der Waals surface area (Å²) < 4.78 is 0. The van der Waals surface area contributed by atoms with Crippen molar-refractivity contribution >= 4 is 0 Å². The van der Waals surface area contributed by atoms with Gasteiger partial charge in [-0.2, -0.15) is 0 Å². The fourth-order valence-corrected chi connectivity index (χ4v) is 1.68. The molecule has 0 amide bonds. The first-order chi connectivity index (χ1) is 5.36. The van der Waals surface area contributed by atoms with E-state index in [1.807, 2.05) is 0 Å². The van der Waals surface area contributed by atoms with E-state index in [4.69, 9.17) is 0 Å². The maximum Gasteiger partial charge on any atom is -0.00179 e. The molecule has 11 heavy (non-hydrogen) atoms. The molecule has 0 aromatic heterocycles. The predicted octanol–water partition coefficient (Wildman–Crippen LogP) is 2.03. The molecule has 64 valence electrons. The minimum Gasteiger partial charge on any atom is -0.316 e. The lowest BCUT2D eigenvalue weighted by Crippen LogP contribution is -2.18. The second-order valence-corrected chi connectivity index (χ2v) is 4.41. The van der Waals surface area contributed by atoms with Gasteiger partial charge in [0.05, 0.1) is 0 Å². The second-order valence-electron chi connectivity index (χ2n) is 4.41. The molecule has 1 N–H and O–H groups in total. The van der Waals surface area contributed by atoms with Crippen LogP contribution in [0.2, 0.25) is 0 Å². The Morgan fingerprint density at radius 3 is 2.64 bits per heavy atom. The molecule has 0 radical (unpaired) electrons. The summed E-state index contributed by atoms with van der Waals surface area (Å²) in [6.07, 6.45) is 5.90. The van der Waals surface area contributed by atoms with E-state index in [0.717, 1.165) is 17.8 Å². The molecule has 1 heteroatoms. The molecule has 0 aliphatic heterocycles. The van der Waals surface area contributed by atoms with Gasteiger partial charge >= 0.3 is 0 Å². The molecule has 2 aliphatic rings. The first-order valence-corrected chi connectivity index (χ1v) is 5.07. The highest BCUT2D eigenvalue weighted by Gasteiger charge is 2.31. The van der Waals surface area contributed by atoms with Crippen molar-refractivity contribution < 1.29 is 0 Å². The first kappa shape index (κ1) is 7.60. The fourth-order valence-electron chi connectivity index (χ4n) is 1.68. The van der Waals surface area contributed by atoms with E-state index in [9.17, 15) is 0 Å². The van der Waals surface area contributed by atoms with E-state index in [2.05, 4.69) is 12.2 Å². The zero-order valence-corrected chi connectivity index (χ0v) is 7.47. The molecule has 2 aliphatic carbocycles. The minimum absolute atomic E-state index is 1.02. The summed E-state index contributed by atoms with van der Waals surface area (Å²) in [5.74, 6) is 3.14. The number of hydrogen-bond acceptors (Lipinski definition) is 1. The number of hydrogen-bond donors (Lipinski definition) is 1. The Balaban J connectivity index is 1.41. The van der Waals surface area contributed by atoms with Crippen molar-refractivity contribution in [1.82, 2.24) is 5.32 Å². The van der Waals surface area contributed by atoms with Crippen LogP contribution in [0.3, 0.4) is 0 Å². The van der Waals surface area contributed by atoms with Crippen molar-refractivity contribution in [3.8, 4) is 0 Å². The number of nitrogens with one attached hydrogen (secondary N) is 1. The van der Waals surface area contributed by atoms with Gasteiger partial charge in [-0.3, -0.25) is 0 Å². The van der Waals surface area contributed by atoms with Crippen LogP contribution in [0.25, 0.3) is 0 Å². The van der Waals surface area contributed by atoms with Crippen molar-refractivity contribution in [2.45, 2.75) is 32.6 Å². The topological polar surface area (TPSA) is 12.0 Å². The summed E-state index contributed by atoms with van der Waals surface area (Å²) in [7, 11) is 0. The molecule has 0 spiro atoms. The molecule has 0 heterocycles. The van der Waals surface area contributed by atoms with Gasteiger partial charge in [-0.05, 0) is 43.7 Å². The van der Waals surface area contributed by atoms with Gasteiger partial charge in [0.25, 0.3) is 0 Å². The van der Waals surface area contributed by atoms with E-state index in [1.54, 1.807) is 0 Å². The Morgan fingerprint density at radius 2 is 2.09 bits per heavy atom. The summed E-state index contributed by atoms with van der Waals surface area (Å²) in [5.41, 5.74) is 0. The highest BCUT2D eigenvalue weighted by atomic mass is 14.9. The third-order valence-electron chi connectivity index (χ3n) is 3.11. The lowest BCUT2D eigenvalue weighted by Gasteiger charge is -2.01. The van der Waals surface area contributed by atoms with E-state index in [-0.39, 0.29) is 0 Å². The molecule has 0 saturated heterocycles. The van der Waals surface area contributed by atoms with E-state index >= 15 is 0 Å². The van der Waals surface area contributed by atoms with E-state index < -0.39 is 0 Å². The summed E-state index contributed by atoms with van der Waals surface area (Å²) in [6, 6.07) is 0. The van der Waals surface area contributed by atoms with Crippen LogP contribution in [0.5, 0.6) is 0 Å². The predicted molar refractivity (Wildman–Crippen MR) is 47.5 cm³/mol. The zero-order valence-electron chi connectivity index (χ0n) is 7.47. The van der Waals surface area contributed by atoms with Crippen molar-refractivity contribution in [2.75, 3.05) is 13.1 Å². The molecule has 2 atom stereocenters. The molecular formula is C10H19N. The van der Waals surface area contributed by atoms with E-state index in [0.29, 0.717) is 0 Å². The van der Waals surface area contributed by atoms with Gasteiger partial charge in [0.15, 0.2) is 0 Å². The van der Waals surface area contributed by atoms with Gasteiger partial charge in [-0.25, -0.2) is 0 Å². The maximum absolute atomic E-state index is 3.55. The lowest BCUT2D eigenvalue weighted by molar-refractivity contribution is 0.573. The van der Waals surface area contributed by atoms with Crippen LogP contribution < -0.4 is 5.32 Å². The Hall–Kier alpha value is -0.0400. The summed E-state index contributed by atoms with van der Waals surface area (Å²) in [6.45, 7) is 4.91. The number of rotatable bonds is 5. The molecule has 2 fully saturated rings. The molecule has 0 aromatic rings. The van der Waals surface area contributed by atoms with Crippen LogP contribution in [0.15, 0.2) is 0 Å². The third kappa shape index (κ3) is 2.48. The van der Waals surface area contributed by atoms with Gasteiger partial charge in [-0.15, -0.1) is 0 Å². The van der Waals surface area contributed by atoms with Gasteiger partial charge in [0, 0.05) is 0 Å². The average Bonchev–Trinajstić information content (AvgIpc) is 2.81. The molecule has 2 saturated carbocycles. The summed E-state index contributed by atoms with van der Waals surface area (Å²) in [5, 5.41) is 3.55. The highest BCUT2D eigenvalue weighted by molar-refractivity contribution is 4.84. The fraction of sp³-hybridized carbons (Fsp3) is 1.00. The largest absolute Gasteiger partial charge is 0.316 e. The van der Waals surface area contributed by atoms with Gasteiger partial charge in [0.1, 0.15) is 0 Å². The standard InChI is InChI=1S/C10H19N/c1-8-6-10(8)7-11-5-4-9-2-3-9/h8-11H,2-7H2,1H3. The molecular weight excluding hydrogens is 134 g/mol. The first-order valence-electron chi connectivity index (χ1n) is 5.07. The molecule has 0 aromatic carbocycles. The monoisotopic (exact) mass is 153 g/mol. The van der Waals surface area contributed by atoms with Crippen molar-refractivity contribution in [2.24, 2.45) is 17.8 Å². The molecule has 1 nitrogen and oxygen atoms in total. The van der Waals surface area contributed by atoms with Gasteiger partial charge in [-0.1, -0.05) is 19.8 Å². The Bertz CT molecular complexity index is 129. The Labute approximate surface area is 69.6 Å². The molecule has 0 bridgehead atoms. The van der Waals surface area contributed by atoms with Crippen LogP contribution in [0.4, 0.5) is 0 Å². The maximum atomic E-state index is 3.55. The minimum atomic E-state index is 1.02. The van der Waals surface area contributed by atoms with Crippen LogP contribution in [-0.4, -0.2) is 13.1 Å². The Kier molecular flexibility index (Phi) is 2.17. The van der Waals surface area contributed by atoms with Crippen LogP contribution in [-0.2, 0) is 0 Å². The van der Waals surface area contributed by atoms with Gasteiger partial charge < -0.3 is 5.32 Å². The molecule has 2 unspecified atom stereocenters. The van der Waals surface area contributed by atoms with Crippen molar-refractivity contribution in [1.29, 1.82) is 0 Å². The van der Waals surface area contributed by atoms with Crippen LogP contribution >= 0.6 is 0 Å². The lowest BCUT2D eigenvalue weighted by atomic mass is 10.3. The summed E-state index contributed by atoms with van der Waals surface area (Å²) >= 11 is 0. The second kappa shape index (κ2) is 3.14. The molecule has 2 rings (SSSR count). The Morgan fingerprint density at radius 1 is 1.36 bits per heavy atom. The smallest absolute Gasteiger partial charge is 0.00179 e. The van der Waals surface area contributed by atoms with Crippen molar-refractivity contribution in [3.05, 3.63) is 0 Å². The average molecular weight is 153 g/mol. The normalized spacial score (nSPS) is 35.7. The van der Waals surface area contributed by atoms with Crippen LogP contribution in [0, 0.1) is 17.8 Å². The summed E-state index contributed by atoms with van der Waals surface area (Å²) in [4.78, 5) is 0. The SMILES string of the molecule is CC1CC1CNCCC1CC1. The van der Waals surface area contributed by atoms with Crippen LogP contribution in [0.1, 0.15) is 32.6 Å². The quantitative estimate of drug-likeness (QED) is 0.596. The zero-order chi connectivity index (χ0) is 7.68.